The van der Waals surface area contributed by atoms with E-state index >= 15 is 0 Å². The molecule has 9 nitrogen and oxygen atoms in total. The van der Waals surface area contributed by atoms with Gasteiger partial charge in [-0.05, 0) is 55.0 Å². The molecule has 0 heterocycles. The number of ether oxygens (including phenoxy) is 1. The number of carboxylic acid groups (broad SMARTS) is 1. The fraction of sp³-hybridized carbons (Fsp3) is 0.0800. The van der Waals surface area contributed by atoms with Crippen molar-refractivity contribution in [3.05, 3.63) is 87.9 Å². The zero-order valence-electron chi connectivity index (χ0n) is 19.0. The van der Waals surface area contributed by atoms with Gasteiger partial charge in [0.15, 0.2) is 5.75 Å². The average Bonchev–Trinajstić information content (AvgIpc) is 2.84. The number of carboxylic acids is 1. The van der Waals surface area contributed by atoms with E-state index in [1.807, 2.05) is 6.92 Å². The monoisotopic (exact) mass is 526 g/mol. The highest BCUT2D eigenvalue weighted by molar-refractivity contribution is 7.87. The summed E-state index contributed by atoms with van der Waals surface area (Å²) in [6.45, 7) is 1.81. The predicted octanol–water partition coefficient (Wildman–Crippen LogP) is 4.67. The number of rotatable bonds is 8. The Morgan fingerprint density at radius 2 is 1.78 bits per heavy atom. The Kier molecular flexibility index (Phi) is 7.99. The first-order valence-corrected chi connectivity index (χ1v) is 12.0. The number of aromatic carboxylic acids is 1. The Labute approximate surface area is 212 Å². The van der Waals surface area contributed by atoms with Crippen molar-refractivity contribution in [2.24, 2.45) is 0 Å². The molecule has 0 aliphatic carbocycles. The summed E-state index contributed by atoms with van der Waals surface area (Å²) in [5.74, 6) is -2.43. The lowest BCUT2D eigenvalue weighted by molar-refractivity contribution is -0.112. The number of carbonyl (C=O) groups is 2. The highest BCUT2D eigenvalue weighted by Crippen LogP contribution is 2.39. The number of para-hydroxylation sites is 1. The van der Waals surface area contributed by atoms with Crippen molar-refractivity contribution in [1.29, 1.82) is 5.26 Å². The topological polar surface area (TPSA) is 143 Å². The number of aryl methyl sites for hydroxylation is 1. The molecule has 0 saturated carbocycles. The minimum Gasteiger partial charge on any atom is -0.493 e. The molecule has 0 atom stereocenters. The molecule has 0 spiro atoms. The van der Waals surface area contributed by atoms with Gasteiger partial charge in [-0.25, -0.2) is 4.79 Å². The SMILES string of the molecule is COc1cc(/C=C(\C#N)C(=O)Nc2ccccc2C(=O)O)cc(Cl)c1OS(=O)(=O)c1ccc(C)cc1. The number of hydrogen-bond acceptors (Lipinski definition) is 7. The Morgan fingerprint density at radius 3 is 2.39 bits per heavy atom. The number of benzene rings is 3. The van der Waals surface area contributed by atoms with Gasteiger partial charge in [-0.1, -0.05) is 41.4 Å². The number of hydrogen-bond donors (Lipinski definition) is 2. The van der Waals surface area contributed by atoms with E-state index in [1.165, 1.54) is 61.7 Å². The van der Waals surface area contributed by atoms with Crippen molar-refractivity contribution < 1.29 is 32.0 Å². The van der Waals surface area contributed by atoms with E-state index in [2.05, 4.69) is 5.32 Å². The highest BCUT2D eigenvalue weighted by Gasteiger charge is 2.22. The van der Waals surface area contributed by atoms with Gasteiger partial charge < -0.3 is 19.3 Å². The number of nitrogens with zero attached hydrogens (tertiary/aromatic N) is 1. The number of halogens is 1. The molecule has 0 unspecified atom stereocenters. The molecule has 36 heavy (non-hydrogen) atoms. The number of methoxy groups -OCH3 is 1. The summed E-state index contributed by atoms with van der Waals surface area (Å²) in [7, 11) is -2.96. The largest absolute Gasteiger partial charge is 0.493 e. The predicted molar refractivity (Wildman–Crippen MR) is 133 cm³/mol. The number of nitrogens with one attached hydrogen (secondary N) is 1. The third-order valence-electron chi connectivity index (χ3n) is 4.84. The third-order valence-corrected chi connectivity index (χ3v) is 6.35. The van der Waals surface area contributed by atoms with Crippen LogP contribution in [0.1, 0.15) is 21.5 Å². The van der Waals surface area contributed by atoms with E-state index in [0.29, 0.717) is 0 Å². The average molecular weight is 527 g/mol. The lowest BCUT2D eigenvalue weighted by atomic mass is 10.1. The van der Waals surface area contributed by atoms with Crippen LogP contribution in [0.15, 0.2) is 71.1 Å². The molecule has 0 fully saturated rings. The Hall–Kier alpha value is -4.33. The van der Waals surface area contributed by atoms with E-state index in [0.717, 1.165) is 5.56 Å². The molecule has 0 aromatic heterocycles. The van der Waals surface area contributed by atoms with Gasteiger partial charge in [0.25, 0.3) is 5.91 Å². The van der Waals surface area contributed by atoms with Gasteiger partial charge in [0, 0.05) is 0 Å². The molecular formula is C25H19ClN2O7S. The van der Waals surface area contributed by atoms with E-state index in [9.17, 15) is 28.4 Å². The second-order valence-corrected chi connectivity index (χ2v) is 9.31. The van der Waals surface area contributed by atoms with Crippen molar-refractivity contribution in [2.75, 3.05) is 12.4 Å². The fourth-order valence-electron chi connectivity index (χ4n) is 3.05. The number of carbonyl (C=O) groups excluding carboxylic acids is 1. The molecule has 3 aromatic rings. The zero-order valence-corrected chi connectivity index (χ0v) is 20.6. The normalized spacial score (nSPS) is 11.3. The molecule has 1 amide bonds. The van der Waals surface area contributed by atoms with Crippen molar-refractivity contribution in [3.63, 3.8) is 0 Å². The fourth-order valence-corrected chi connectivity index (χ4v) is 4.31. The molecule has 0 aliphatic rings. The maximum atomic E-state index is 12.7. The second-order valence-electron chi connectivity index (χ2n) is 7.36. The lowest BCUT2D eigenvalue weighted by Crippen LogP contribution is -2.16. The van der Waals surface area contributed by atoms with E-state index in [1.54, 1.807) is 18.2 Å². The highest BCUT2D eigenvalue weighted by atomic mass is 35.5. The van der Waals surface area contributed by atoms with Gasteiger partial charge in [0.05, 0.1) is 23.4 Å². The van der Waals surface area contributed by atoms with Crippen LogP contribution in [0.25, 0.3) is 6.08 Å². The summed E-state index contributed by atoms with van der Waals surface area (Å²) in [5, 5.41) is 21.0. The molecule has 0 aliphatic heterocycles. The number of nitriles is 1. The van der Waals surface area contributed by atoms with Crippen molar-refractivity contribution in [3.8, 4) is 17.6 Å². The molecule has 2 N–H and O–H groups in total. The summed E-state index contributed by atoms with van der Waals surface area (Å²) in [6, 6.07) is 16.1. The number of anilines is 1. The lowest BCUT2D eigenvalue weighted by Gasteiger charge is -2.13. The van der Waals surface area contributed by atoms with Crippen molar-refractivity contribution in [1.82, 2.24) is 0 Å². The molecule has 11 heteroatoms. The van der Waals surface area contributed by atoms with E-state index in [4.69, 9.17) is 20.5 Å². The second kappa shape index (κ2) is 10.9. The number of amides is 1. The van der Waals surface area contributed by atoms with Crippen LogP contribution >= 0.6 is 11.6 Å². The van der Waals surface area contributed by atoms with Crippen LogP contribution < -0.4 is 14.2 Å². The summed E-state index contributed by atoms with van der Waals surface area (Å²) >= 11 is 6.28. The molecule has 0 bridgehead atoms. The maximum absolute atomic E-state index is 12.7. The zero-order chi connectivity index (χ0) is 26.5. The van der Waals surface area contributed by atoms with Crippen LogP contribution in [0.5, 0.6) is 11.5 Å². The van der Waals surface area contributed by atoms with Crippen LogP contribution in [-0.2, 0) is 14.9 Å². The van der Waals surface area contributed by atoms with Crippen LogP contribution in [0.4, 0.5) is 5.69 Å². The summed E-state index contributed by atoms with van der Waals surface area (Å²) in [6.07, 6.45) is 1.19. The first-order chi connectivity index (χ1) is 17.1. The Bertz CT molecular complexity index is 1510. The summed E-state index contributed by atoms with van der Waals surface area (Å²) in [4.78, 5) is 23.9. The van der Waals surface area contributed by atoms with Gasteiger partial charge in [0.2, 0.25) is 5.75 Å². The smallest absolute Gasteiger partial charge is 0.339 e. The molecule has 3 rings (SSSR count). The van der Waals surface area contributed by atoms with Crippen LogP contribution in [0, 0.1) is 18.3 Å². The molecule has 184 valence electrons. The minimum absolute atomic E-state index is 0.0109. The van der Waals surface area contributed by atoms with Gasteiger partial charge in [0.1, 0.15) is 16.5 Å². The Balaban J connectivity index is 1.93. The standard InChI is InChI=1S/C25H19ClN2O7S/c1-15-7-9-18(10-8-15)36(32,33)35-23-20(26)12-16(13-22(23)34-2)11-17(14-27)24(29)28-21-6-4-3-5-19(21)25(30)31/h3-13H,1-2H3,(H,28,29)(H,30,31)/b17-11+. The molecule has 0 saturated heterocycles. The van der Waals surface area contributed by atoms with Gasteiger partial charge in [-0.15, -0.1) is 0 Å². The van der Waals surface area contributed by atoms with Gasteiger partial charge in [-0.2, -0.15) is 13.7 Å². The molecule has 0 radical (unpaired) electrons. The maximum Gasteiger partial charge on any atom is 0.339 e. The minimum atomic E-state index is -4.23. The summed E-state index contributed by atoms with van der Waals surface area (Å²) < 4.78 is 35.8. The van der Waals surface area contributed by atoms with Crippen LogP contribution in [0.3, 0.4) is 0 Å². The van der Waals surface area contributed by atoms with Crippen molar-refractivity contribution >= 4 is 45.4 Å². The molecular weight excluding hydrogens is 508 g/mol. The molecule has 3 aromatic carbocycles. The van der Waals surface area contributed by atoms with Crippen LogP contribution in [0.2, 0.25) is 5.02 Å². The van der Waals surface area contributed by atoms with Crippen LogP contribution in [-0.4, -0.2) is 32.5 Å². The first kappa shape index (κ1) is 26.3. The quantitative estimate of drug-likeness (QED) is 0.245. The van der Waals surface area contributed by atoms with E-state index < -0.39 is 22.0 Å². The van der Waals surface area contributed by atoms with E-state index in [-0.39, 0.29) is 43.8 Å². The van der Waals surface area contributed by atoms with Gasteiger partial charge in [-0.3, -0.25) is 4.79 Å². The third kappa shape index (κ3) is 6.02. The summed E-state index contributed by atoms with van der Waals surface area (Å²) in [5.41, 5.74) is 0.592. The first-order valence-electron chi connectivity index (χ1n) is 10.2. The van der Waals surface area contributed by atoms with Gasteiger partial charge >= 0.3 is 16.1 Å². The van der Waals surface area contributed by atoms with Crippen molar-refractivity contribution in [2.45, 2.75) is 11.8 Å². The Morgan fingerprint density at radius 1 is 1.11 bits per heavy atom.